The quantitative estimate of drug-likeness (QED) is 0.389. The van der Waals surface area contributed by atoms with Gasteiger partial charge >= 0.3 is 0 Å². The summed E-state index contributed by atoms with van der Waals surface area (Å²) in [5.41, 5.74) is 1.15. The first-order valence-electron chi connectivity index (χ1n) is 10.9. The van der Waals surface area contributed by atoms with Crippen molar-refractivity contribution in [3.8, 4) is 11.3 Å². The Balaban J connectivity index is 1.58. The number of fused-ring (bicyclic) bond motifs is 2. The molecule has 11 nitrogen and oxygen atoms in total. The number of alkyl halides is 2. The number of piperidine rings is 1. The zero-order valence-corrected chi connectivity index (χ0v) is 19.2. The predicted octanol–water partition coefficient (Wildman–Crippen LogP) is 1.73. The molecule has 5 heterocycles. The van der Waals surface area contributed by atoms with Gasteiger partial charge in [-0.25, -0.2) is 27.2 Å². The van der Waals surface area contributed by atoms with Crippen LogP contribution in [0.5, 0.6) is 0 Å². The van der Waals surface area contributed by atoms with E-state index < -0.39 is 23.7 Å². The number of amides is 1. The molecule has 5 rings (SSSR count). The molecule has 35 heavy (non-hydrogen) atoms. The summed E-state index contributed by atoms with van der Waals surface area (Å²) in [5, 5.41) is 16.8. The number of aromatic nitrogens is 6. The Morgan fingerprint density at radius 3 is 2.74 bits per heavy atom. The van der Waals surface area contributed by atoms with Gasteiger partial charge in [-0.15, -0.1) is 5.10 Å². The highest BCUT2D eigenvalue weighted by atomic mass is 19.3. The first-order chi connectivity index (χ1) is 16.7. The van der Waals surface area contributed by atoms with Gasteiger partial charge in [0.15, 0.2) is 17.3 Å². The van der Waals surface area contributed by atoms with Crippen molar-refractivity contribution in [2.24, 2.45) is 0 Å². The number of hydrogen-bond acceptors (Lipinski definition) is 8. The Labute approximate surface area is 197 Å². The number of imidazole rings is 1. The van der Waals surface area contributed by atoms with Crippen LogP contribution in [0.3, 0.4) is 0 Å². The van der Waals surface area contributed by atoms with Gasteiger partial charge in [0.25, 0.3) is 11.8 Å². The van der Waals surface area contributed by atoms with Crippen LogP contribution in [-0.2, 0) is 0 Å². The molecule has 0 spiro atoms. The maximum Gasteiger partial charge on any atom is 0.280 e. The van der Waals surface area contributed by atoms with Crippen molar-refractivity contribution in [1.82, 2.24) is 39.4 Å². The molecule has 1 saturated heterocycles. The normalized spacial score (nSPS) is 18.2. The molecule has 1 atom stereocenters. The van der Waals surface area contributed by atoms with E-state index in [1.165, 1.54) is 22.3 Å². The minimum atomic E-state index is -2.98. The molecule has 0 aromatic carbocycles. The molecule has 3 N–H and O–H groups in total. The van der Waals surface area contributed by atoms with E-state index in [4.69, 9.17) is 0 Å². The molecule has 4 aromatic heterocycles. The van der Waals surface area contributed by atoms with Gasteiger partial charge in [-0.2, -0.15) is 10.1 Å². The summed E-state index contributed by atoms with van der Waals surface area (Å²) in [6.45, 7) is 0.117. The molecule has 1 aliphatic heterocycles. The summed E-state index contributed by atoms with van der Waals surface area (Å²) in [6, 6.07) is 2.02. The summed E-state index contributed by atoms with van der Waals surface area (Å²) >= 11 is 0. The molecule has 0 saturated carbocycles. The van der Waals surface area contributed by atoms with Gasteiger partial charge in [-0.1, -0.05) is 0 Å². The van der Waals surface area contributed by atoms with Crippen LogP contribution in [-0.4, -0.2) is 86.2 Å². The monoisotopic (exact) mass is 488 g/mol. The molecule has 0 aliphatic carbocycles. The number of carbonyl (C=O) groups excluding carboxylic acids is 1. The summed E-state index contributed by atoms with van der Waals surface area (Å²) in [5.74, 6) is -3.87. The summed E-state index contributed by atoms with van der Waals surface area (Å²) in [7, 11) is 4.71. The van der Waals surface area contributed by atoms with E-state index in [-0.39, 0.29) is 47.2 Å². The first-order valence-corrected chi connectivity index (χ1v) is 10.9. The topological polar surface area (TPSA) is 117 Å². The molecule has 184 valence electrons. The fraction of sp³-hybridized carbons (Fsp3) is 0.381. The third-order valence-electron chi connectivity index (χ3n) is 5.99. The van der Waals surface area contributed by atoms with Crippen LogP contribution < -0.4 is 16.0 Å². The third-order valence-corrected chi connectivity index (χ3v) is 5.99. The number of halogens is 3. The maximum absolute atomic E-state index is 15.2. The Kier molecular flexibility index (Phi) is 5.46. The van der Waals surface area contributed by atoms with Gasteiger partial charge in [0.1, 0.15) is 11.2 Å². The number of nitrogens with one attached hydrogen (secondary N) is 3. The van der Waals surface area contributed by atoms with Crippen LogP contribution in [0.25, 0.3) is 22.4 Å². The van der Waals surface area contributed by atoms with E-state index >= 15 is 4.39 Å². The van der Waals surface area contributed by atoms with E-state index in [9.17, 15) is 13.6 Å². The maximum atomic E-state index is 15.2. The standard InChI is InChI=1S/C21H23F3N10O/c1-25-18-17-16(12-4-5-15-27-8-13(19(35)26-2)34(15)30-12)11(22)9-33(17)31-20(29-18)28-14-6-7-32(3)10-21(14,23)24/h4-5,8-9,14H,6-7,10H2,1-3H3,(H,26,35)(H2,25,28,29,31)/t14-/m1/s1. The van der Waals surface area contributed by atoms with Gasteiger partial charge in [0, 0.05) is 20.6 Å². The molecule has 14 heteroatoms. The number of nitrogens with zero attached hydrogens (tertiary/aromatic N) is 7. The summed E-state index contributed by atoms with van der Waals surface area (Å²) in [4.78, 5) is 22.2. The predicted molar refractivity (Wildman–Crippen MR) is 122 cm³/mol. The molecule has 1 amide bonds. The van der Waals surface area contributed by atoms with Gasteiger partial charge < -0.3 is 20.9 Å². The lowest BCUT2D eigenvalue weighted by Crippen LogP contribution is -2.53. The second-order valence-electron chi connectivity index (χ2n) is 8.37. The van der Waals surface area contributed by atoms with Crippen LogP contribution >= 0.6 is 0 Å². The largest absolute Gasteiger partial charge is 0.371 e. The van der Waals surface area contributed by atoms with Crippen LogP contribution in [0, 0.1) is 5.82 Å². The molecular weight excluding hydrogens is 465 g/mol. The second-order valence-corrected chi connectivity index (χ2v) is 8.37. The molecule has 4 aromatic rings. The van der Waals surface area contributed by atoms with Gasteiger partial charge in [-0.05, 0) is 25.6 Å². The average Bonchev–Trinajstić information content (AvgIpc) is 3.39. The lowest BCUT2D eigenvalue weighted by molar-refractivity contribution is -0.0675. The van der Waals surface area contributed by atoms with E-state index in [2.05, 4.69) is 36.1 Å². The summed E-state index contributed by atoms with van der Waals surface area (Å²) < 4.78 is 46.8. The van der Waals surface area contributed by atoms with Crippen LogP contribution in [0.1, 0.15) is 16.9 Å². The molecule has 0 unspecified atom stereocenters. The Bertz CT molecular complexity index is 1430. The van der Waals surface area contributed by atoms with Gasteiger partial charge in [0.05, 0.1) is 36.2 Å². The van der Waals surface area contributed by atoms with Crippen molar-refractivity contribution in [3.05, 3.63) is 36.0 Å². The smallest absolute Gasteiger partial charge is 0.280 e. The number of hydrogen-bond donors (Lipinski definition) is 3. The zero-order valence-electron chi connectivity index (χ0n) is 19.2. The fourth-order valence-corrected chi connectivity index (χ4v) is 4.27. The van der Waals surface area contributed by atoms with E-state index in [1.54, 1.807) is 31.1 Å². The number of anilines is 2. The second kappa shape index (κ2) is 8.37. The van der Waals surface area contributed by atoms with Crippen molar-refractivity contribution < 1.29 is 18.0 Å². The molecule has 1 aliphatic rings. The zero-order chi connectivity index (χ0) is 24.9. The van der Waals surface area contributed by atoms with Gasteiger partial charge in [-0.3, -0.25) is 4.79 Å². The Morgan fingerprint density at radius 1 is 1.23 bits per heavy atom. The minimum absolute atomic E-state index is 0.0578. The highest BCUT2D eigenvalue weighted by molar-refractivity contribution is 5.93. The minimum Gasteiger partial charge on any atom is -0.371 e. The van der Waals surface area contributed by atoms with Crippen molar-refractivity contribution in [2.45, 2.75) is 18.4 Å². The number of likely N-dealkylation sites (tertiary alicyclic amines) is 1. The van der Waals surface area contributed by atoms with Crippen LogP contribution in [0.4, 0.5) is 24.9 Å². The highest BCUT2D eigenvalue weighted by Gasteiger charge is 2.44. The molecular formula is C21H23F3N10O. The Morgan fingerprint density at radius 2 is 2.03 bits per heavy atom. The third kappa shape index (κ3) is 3.88. The van der Waals surface area contributed by atoms with Crippen LogP contribution in [0.2, 0.25) is 0 Å². The van der Waals surface area contributed by atoms with E-state index in [0.29, 0.717) is 12.2 Å². The molecule has 1 fully saturated rings. The SMILES string of the molecule is CNC(=O)c1cnc2ccc(-c3c(F)cn4nc(N[C@@H]5CCN(C)CC5(F)F)nc(NC)c34)nn12. The number of rotatable bonds is 5. The van der Waals surface area contributed by atoms with Crippen molar-refractivity contribution >= 4 is 28.8 Å². The van der Waals surface area contributed by atoms with Gasteiger partial charge in [0.2, 0.25) is 5.95 Å². The lowest BCUT2D eigenvalue weighted by atomic mass is 10.0. The first kappa shape index (κ1) is 22.8. The van der Waals surface area contributed by atoms with Crippen molar-refractivity contribution in [3.63, 3.8) is 0 Å². The molecule has 0 radical (unpaired) electrons. The van der Waals surface area contributed by atoms with E-state index in [0.717, 1.165) is 6.20 Å². The Hall–Kier alpha value is -3.94. The lowest BCUT2D eigenvalue weighted by Gasteiger charge is -2.36. The van der Waals surface area contributed by atoms with Crippen molar-refractivity contribution in [2.75, 3.05) is 44.9 Å². The highest BCUT2D eigenvalue weighted by Crippen LogP contribution is 2.33. The average molecular weight is 488 g/mol. The molecule has 0 bridgehead atoms. The fourth-order valence-electron chi connectivity index (χ4n) is 4.27. The van der Waals surface area contributed by atoms with Crippen LogP contribution in [0.15, 0.2) is 24.5 Å². The number of carbonyl (C=O) groups is 1. The summed E-state index contributed by atoms with van der Waals surface area (Å²) in [6.07, 6.45) is 2.70. The van der Waals surface area contributed by atoms with E-state index in [1.807, 2.05) is 0 Å². The van der Waals surface area contributed by atoms with Crippen molar-refractivity contribution in [1.29, 1.82) is 0 Å².